The second kappa shape index (κ2) is 4.30. The zero-order valence-electron chi connectivity index (χ0n) is 9.25. The second-order valence-corrected chi connectivity index (χ2v) is 3.89. The van der Waals surface area contributed by atoms with Gasteiger partial charge in [-0.2, -0.15) is 0 Å². The summed E-state index contributed by atoms with van der Waals surface area (Å²) in [4.78, 5) is 7.36. The average molecular weight is 200 g/mol. The molecule has 0 atom stereocenters. The SMILES string of the molecule is Cc1cccc(CCc2ncc[nH]2)c1C. The molecule has 0 radical (unpaired) electrons. The summed E-state index contributed by atoms with van der Waals surface area (Å²) < 4.78 is 0. The third-order valence-corrected chi connectivity index (χ3v) is 2.90. The van der Waals surface area contributed by atoms with Crippen LogP contribution in [0.5, 0.6) is 0 Å². The standard InChI is InChI=1S/C13H16N2/c1-10-4-3-5-12(11(10)2)6-7-13-14-8-9-15-13/h3-5,8-9H,6-7H2,1-2H3,(H,14,15). The van der Waals surface area contributed by atoms with Crippen LogP contribution in [0.2, 0.25) is 0 Å². The summed E-state index contributed by atoms with van der Waals surface area (Å²) in [6.45, 7) is 4.35. The van der Waals surface area contributed by atoms with Crippen molar-refractivity contribution in [3.63, 3.8) is 0 Å². The van der Waals surface area contributed by atoms with Gasteiger partial charge in [-0.3, -0.25) is 0 Å². The number of nitrogens with zero attached hydrogens (tertiary/aromatic N) is 1. The smallest absolute Gasteiger partial charge is 0.106 e. The minimum Gasteiger partial charge on any atom is -0.349 e. The molecular formula is C13H16N2. The van der Waals surface area contributed by atoms with Gasteiger partial charge in [0.15, 0.2) is 0 Å². The van der Waals surface area contributed by atoms with E-state index in [0.29, 0.717) is 0 Å². The minimum atomic E-state index is 0.983. The Bertz CT molecular complexity index is 430. The van der Waals surface area contributed by atoms with E-state index in [1.807, 2.05) is 6.20 Å². The van der Waals surface area contributed by atoms with Crippen molar-refractivity contribution in [1.82, 2.24) is 9.97 Å². The molecule has 0 fully saturated rings. The lowest BCUT2D eigenvalue weighted by Crippen LogP contribution is -1.97. The molecule has 1 aromatic heterocycles. The van der Waals surface area contributed by atoms with Crippen LogP contribution in [0.3, 0.4) is 0 Å². The van der Waals surface area contributed by atoms with Crippen molar-refractivity contribution in [2.75, 3.05) is 0 Å². The molecule has 0 aliphatic carbocycles. The van der Waals surface area contributed by atoms with Gasteiger partial charge in [-0.25, -0.2) is 4.98 Å². The molecule has 2 nitrogen and oxygen atoms in total. The van der Waals surface area contributed by atoms with Crippen LogP contribution in [0.15, 0.2) is 30.6 Å². The van der Waals surface area contributed by atoms with E-state index in [2.05, 4.69) is 42.0 Å². The number of nitrogens with one attached hydrogen (secondary N) is 1. The maximum absolute atomic E-state index is 4.23. The van der Waals surface area contributed by atoms with Crippen LogP contribution in [-0.4, -0.2) is 9.97 Å². The topological polar surface area (TPSA) is 28.7 Å². The van der Waals surface area contributed by atoms with Crippen molar-refractivity contribution in [3.8, 4) is 0 Å². The van der Waals surface area contributed by atoms with E-state index in [1.165, 1.54) is 16.7 Å². The fraction of sp³-hybridized carbons (Fsp3) is 0.308. The molecule has 1 N–H and O–H groups in total. The van der Waals surface area contributed by atoms with E-state index < -0.39 is 0 Å². The van der Waals surface area contributed by atoms with Gasteiger partial charge >= 0.3 is 0 Å². The van der Waals surface area contributed by atoms with Crippen molar-refractivity contribution in [2.24, 2.45) is 0 Å². The summed E-state index contributed by atoms with van der Waals surface area (Å²) in [5.74, 6) is 1.07. The summed E-state index contributed by atoms with van der Waals surface area (Å²) in [5, 5.41) is 0. The third kappa shape index (κ3) is 2.27. The molecule has 15 heavy (non-hydrogen) atoms. The van der Waals surface area contributed by atoms with Crippen LogP contribution in [0, 0.1) is 13.8 Å². The highest BCUT2D eigenvalue weighted by Crippen LogP contribution is 2.14. The maximum atomic E-state index is 4.23. The van der Waals surface area contributed by atoms with Gasteiger partial charge in [0.1, 0.15) is 5.82 Å². The predicted molar refractivity (Wildman–Crippen MR) is 61.9 cm³/mol. The number of benzene rings is 1. The molecule has 78 valence electrons. The summed E-state index contributed by atoms with van der Waals surface area (Å²) >= 11 is 0. The van der Waals surface area contributed by atoms with Crippen molar-refractivity contribution in [2.45, 2.75) is 26.7 Å². The fourth-order valence-corrected chi connectivity index (χ4v) is 1.77. The van der Waals surface area contributed by atoms with Crippen LogP contribution in [0.1, 0.15) is 22.5 Å². The Hall–Kier alpha value is -1.57. The molecule has 0 bridgehead atoms. The van der Waals surface area contributed by atoms with Crippen LogP contribution in [0.25, 0.3) is 0 Å². The highest BCUT2D eigenvalue weighted by molar-refractivity contribution is 5.33. The number of aromatic amines is 1. The molecule has 2 rings (SSSR count). The van der Waals surface area contributed by atoms with E-state index >= 15 is 0 Å². The second-order valence-electron chi connectivity index (χ2n) is 3.89. The van der Waals surface area contributed by atoms with Gasteiger partial charge < -0.3 is 4.98 Å². The number of hydrogen-bond donors (Lipinski definition) is 1. The molecule has 2 aromatic rings. The molecule has 0 spiro atoms. The van der Waals surface area contributed by atoms with Gasteiger partial charge in [-0.15, -0.1) is 0 Å². The number of aryl methyl sites for hydroxylation is 3. The molecule has 0 unspecified atom stereocenters. The highest BCUT2D eigenvalue weighted by atomic mass is 14.9. The largest absolute Gasteiger partial charge is 0.349 e. The summed E-state index contributed by atoms with van der Waals surface area (Å²) in [5.41, 5.74) is 4.20. The lowest BCUT2D eigenvalue weighted by atomic mass is 10.00. The predicted octanol–water partition coefficient (Wildman–Crippen LogP) is 2.81. The van der Waals surface area contributed by atoms with Gasteiger partial charge in [0, 0.05) is 18.8 Å². The van der Waals surface area contributed by atoms with E-state index in [0.717, 1.165) is 18.7 Å². The lowest BCUT2D eigenvalue weighted by Gasteiger charge is -2.07. The summed E-state index contributed by atoms with van der Waals surface area (Å²) in [6, 6.07) is 6.48. The number of H-pyrrole nitrogens is 1. The molecule has 1 heterocycles. The first-order valence-corrected chi connectivity index (χ1v) is 5.30. The van der Waals surface area contributed by atoms with Crippen LogP contribution >= 0.6 is 0 Å². The Balaban J connectivity index is 2.08. The van der Waals surface area contributed by atoms with Crippen LogP contribution in [-0.2, 0) is 12.8 Å². The van der Waals surface area contributed by atoms with E-state index in [4.69, 9.17) is 0 Å². The average Bonchev–Trinajstić information content (AvgIpc) is 2.73. The van der Waals surface area contributed by atoms with Gasteiger partial charge in [0.2, 0.25) is 0 Å². The zero-order valence-corrected chi connectivity index (χ0v) is 9.25. The monoisotopic (exact) mass is 200 g/mol. The first kappa shape index (κ1) is 9.97. The molecule has 1 aromatic carbocycles. The Kier molecular flexibility index (Phi) is 2.86. The van der Waals surface area contributed by atoms with Gasteiger partial charge in [-0.05, 0) is 37.0 Å². The number of rotatable bonds is 3. The van der Waals surface area contributed by atoms with Crippen molar-refractivity contribution in [1.29, 1.82) is 0 Å². The first-order valence-electron chi connectivity index (χ1n) is 5.30. The maximum Gasteiger partial charge on any atom is 0.106 e. The normalized spacial score (nSPS) is 10.5. The molecule has 0 saturated carbocycles. The van der Waals surface area contributed by atoms with Gasteiger partial charge in [0.25, 0.3) is 0 Å². The first-order chi connectivity index (χ1) is 7.27. The fourth-order valence-electron chi connectivity index (χ4n) is 1.77. The third-order valence-electron chi connectivity index (χ3n) is 2.90. The number of imidazole rings is 1. The van der Waals surface area contributed by atoms with E-state index in [-0.39, 0.29) is 0 Å². The van der Waals surface area contributed by atoms with Crippen molar-refractivity contribution >= 4 is 0 Å². The highest BCUT2D eigenvalue weighted by Gasteiger charge is 2.01. The molecule has 0 amide bonds. The molecule has 0 aliphatic heterocycles. The van der Waals surface area contributed by atoms with Crippen LogP contribution < -0.4 is 0 Å². The Labute approximate surface area is 90.4 Å². The van der Waals surface area contributed by atoms with E-state index in [1.54, 1.807) is 6.20 Å². The van der Waals surface area contributed by atoms with Gasteiger partial charge in [-0.1, -0.05) is 18.2 Å². The molecule has 0 aliphatic rings. The minimum absolute atomic E-state index is 0.983. The Morgan fingerprint density at radius 3 is 2.80 bits per heavy atom. The zero-order chi connectivity index (χ0) is 10.7. The van der Waals surface area contributed by atoms with Gasteiger partial charge in [0.05, 0.1) is 0 Å². The van der Waals surface area contributed by atoms with Crippen molar-refractivity contribution < 1.29 is 0 Å². The van der Waals surface area contributed by atoms with Crippen LogP contribution in [0.4, 0.5) is 0 Å². The molecule has 2 heteroatoms. The van der Waals surface area contributed by atoms with Crippen molar-refractivity contribution in [3.05, 3.63) is 53.1 Å². The quantitative estimate of drug-likeness (QED) is 0.811. The Morgan fingerprint density at radius 2 is 2.07 bits per heavy atom. The molecular weight excluding hydrogens is 184 g/mol. The number of hydrogen-bond acceptors (Lipinski definition) is 1. The number of aromatic nitrogens is 2. The van der Waals surface area contributed by atoms with E-state index in [9.17, 15) is 0 Å². The lowest BCUT2D eigenvalue weighted by molar-refractivity contribution is 0.876. The summed E-state index contributed by atoms with van der Waals surface area (Å²) in [6.07, 6.45) is 5.72. The Morgan fingerprint density at radius 1 is 1.20 bits per heavy atom. The molecule has 0 saturated heterocycles. The summed E-state index contributed by atoms with van der Waals surface area (Å²) in [7, 11) is 0.